The van der Waals surface area contributed by atoms with Crippen LogP contribution in [-0.2, 0) is 14.4 Å². The Bertz CT molecular complexity index is 500. The van der Waals surface area contributed by atoms with Gasteiger partial charge < -0.3 is 15.5 Å². The van der Waals surface area contributed by atoms with Crippen molar-refractivity contribution in [2.24, 2.45) is 0 Å². The Morgan fingerprint density at radius 2 is 1.80 bits per heavy atom. The first-order valence-electron chi connectivity index (χ1n) is 5.82. The van der Waals surface area contributed by atoms with Crippen LogP contribution in [0.1, 0.15) is 12.0 Å². The van der Waals surface area contributed by atoms with Crippen molar-refractivity contribution in [3.05, 3.63) is 29.8 Å². The van der Waals surface area contributed by atoms with E-state index in [2.05, 4.69) is 5.32 Å². The van der Waals surface area contributed by atoms with Crippen LogP contribution in [0.4, 0.5) is 0 Å². The van der Waals surface area contributed by atoms with Crippen LogP contribution in [0.3, 0.4) is 0 Å². The maximum Gasteiger partial charge on any atom is 0.326 e. The van der Waals surface area contributed by atoms with E-state index in [1.807, 2.05) is 31.2 Å². The van der Waals surface area contributed by atoms with E-state index in [0.717, 1.165) is 10.5 Å². The van der Waals surface area contributed by atoms with Crippen LogP contribution >= 0.6 is 11.8 Å². The number of carboxylic acids is 2. The van der Waals surface area contributed by atoms with Crippen molar-refractivity contribution in [3.63, 3.8) is 0 Å². The molecule has 1 atom stereocenters. The highest BCUT2D eigenvalue weighted by molar-refractivity contribution is 8.00. The van der Waals surface area contributed by atoms with Gasteiger partial charge in [-0.25, -0.2) is 4.79 Å². The molecule has 108 valence electrons. The molecule has 0 heterocycles. The van der Waals surface area contributed by atoms with Crippen molar-refractivity contribution in [2.75, 3.05) is 5.75 Å². The van der Waals surface area contributed by atoms with Gasteiger partial charge in [-0.05, 0) is 19.1 Å². The summed E-state index contributed by atoms with van der Waals surface area (Å²) in [6.45, 7) is 1.95. The number of thioether (sulfide) groups is 1. The third kappa shape index (κ3) is 5.75. The van der Waals surface area contributed by atoms with Gasteiger partial charge in [-0.2, -0.15) is 0 Å². The van der Waals surface area contributed by atoms with Crippen LogP contribution in [0.15, 0.2) is 29.2 Å². The summed E-state index contributed by atoms with van der Waals surface area (Å²) in [5.74, 6) is -3.11. The molecule has 7 heteroatoms. The molecule has 0 radical (unpaired) electrons. The largest absolute Gasteiger partial charge is 0.481 e. The van der Waals surface area contributed by atoms with Crippen molar-refractivity contribution in [3.8, 4) is 0 Å². The zero-order valence-corrected chi connectivity index (χ0v) is 11.6. The fourth-order valence-electron chi connectivity index (χ4n) is 1.39. The molecule has 0 aliphatic rings. The van der Waals surface area contributed by atoms with Crippen LogP contribution in [0.25, 0.3) is 0 Å². The van der Waals surface area contributed by atoms with Gasteiger partial charge in [0.2, 0.25) is 5.91 Å². The van der Waals surface area contributed by atoms with E-state index in [4.69, 9.17) is 10.2 Å². The van der Waals surface area contributed by atoms with Crippen LogP contribution < -0.4 is 5.32 Å². The van der Waals surface area contributed by atoms with E-state index in [-0.39, 0.29) is 5.75 Å². The molecule has 3 N–H and O–H groups in total. The van der Waals surface area contributed by atoms with Gasteiger partial charge in [0.1, 0.15) is 6.04 Å². The second-order valence-corrected chi connectivity index (χ2v) is 5.21. The SMILES string of the molecule is Cc1ccc(SCC(=O)N[C@H](CC(=O)O)C(=O)O)cc1. The maximum absolute atomic E-state index is 11.6. The van der Waals surface area contributed by atoms with Crippen LogP contribution in [0, 0.1) is 6.92 Å². The van der Waals surface area contributed by atoms with Crippen LogP contribution in [0.2, 0.25) is 0 Å². The van der Waals surface area contributed by atoms with Crippen LogP contribution in [-0.4, -0.2) is 39.9 Å². The van der Waals surface area contributed by atoms with Crippen molar-refractivity contribution < 1.29 is 24.6 Å². The quantitative estimate of drug-likeness (QED) is 0.652. The standard InChI is InChI=1S/C13H15NO5S/c1-8-2-4-9(5-3-8)20-7-11(15)14-10(13(18)19)6-12(16)17/h2-5,10H,6-7H2,1H3,(H,14,15)(H,16,17)(H,18,19)/t10-/m1/s1. The number of benzene rings is 1. The summed E-state index contributed by atoms with van der Waals surface area (Å²) < 4.78 is 0. The molecule has 0 unspecified atom stereocenters. The van der Waals surface area contributed by atoms with E-state index in [1.165, 1.54) is 11.8 Å². The molecule has 0 saturated heterocycles. The van der Waals surface area contributed by atoms with Gasteiger partial charge in [0.25, 0.3) is 0 Å². The van der Waals surface area contributed by atoms with Gasteiger partial charge in [0.05, 0.1) is 12.2 Å². The number of aliphatic carboxylic acids is 2. The first kappa shape index (κ1) is 16.0. The fraction of sp³-hybridized carbons (Fsp3) is 0.308. The third-order valence-electron chi connectivity index (χ3n) is 2.40. The predicted molar refractivity (Wildman–Crippen MR) is 73.7 cm³/mol. The molecule has 1 amide bonds. The lowest BCUT2D eigenvalue weighted by molar-refractivity contribution is -0.147. The van der Waals surface area contributed by atoms with Crippen LogP contribution in [0.5, 0.6) is 0 Å². The maximum atomic E-state index is 11.6. The molecule has 1 aromatic rings. The van der Waals surface area contributed by atoms with E-state index in [0.29, 0.717) is 0 Å². The average Bonchev–Trinajstić information content (AvgIpc) is 2.36. The highest BCUT2D eigenvalue weighted by atomic mass is 32.2. The Balaban J connectivity index is 2.47. The van der Waals surface area contributed by atoms with Gasteiger partial charge in [-0.3, -0.25) is 9.59 Å². The highest BCUT2D eigenvalue weighted by Gasteiger charge is 2.22. The predicted octanol–water partition coefficient (Wildman–Crippen LogP) is 1.13. The van der Waals surface area contributed by atoms with E-state index >= 15 is 0 Å². The van der Waals surface area contributed by atoms with Crippen molar-refractivity contribution in [1.29, 1.82) is 0 Å². The van der Waals surface area contributed by atoms with Gasteiger partial charge in [-0.15, -0.1) is 11.8 Å². The Morgan fingerprint density at radius 1 is 1.20 bits per heavy atom. The lowest BCUT2D eigenvalue weighted by Gasteiger charge is -2.12. The molecule has 0 aliphatic heterocycles. The molecule has 0 fully saturated rings. The zero-order valence-electron chi connectivity index (χ0n) is 10.8. The number of carboxylic acid groups (broad SMARTS) is 2. The molecule has 0 bridgehead atoms. The Labute approximate surface area is 120 Å². The molecular weight excluding hydrogens is 282 g/mol. The number of hydrogen-bond donors (Lipinski definition) is 3. The summed E-state index contributed by atoms with van der Waals surface area (Å²) in [5, 5.41) is 19.6. The number of nitrogens with one attached hydrogen (secondary N) is 1. The molecular formula is C13H15NO5S. The molecule has 0 spiro atoms. The van der Waals surface area contributed by atoms with Gasteiger partial charge in [0.15, 0.2) is 0 Å². The fourth-order valence-corrected chi connectivity index (χ4v) is 2.10. The van der Waals surface area contributed by atoms with Gasteiger partial charge in [0, 0.05) is 4.90 Å². The molecule has 0 aromatic heterocycles. The number of hydrogen-bond acceptors (Lipinski definition) is 4. The molecule has 0 aliphatic carbocycles. The normalized spacial score (nSPS) is 11.7. The Morgan fingerprint density at radius 3 is 2.30 bits per heavy atom. The first-order valence-corrected chi connectivity index (χ1v) is 6.80. The monoisotopic (exact) mass is 297 g/mol. The summed E-state index contributed by atoms with van der Waals surface area (Å²) >= 11 is 1.26. The van der Waals surface area contributed by atoms with Crippen molar-refractivity contribution in [2.45, 2.75) is 24.3 Å². The summed E-state index contributed by atoms with van der Waals surface area (Å²) in [6, 6.07) is 6.13. The van der Waals surface area contributed by atoms with Gasteiger partial charge >= 0.3 is 11.9 Å². The zero-order chi connectivity index (χ0) is 15.1. The topological polar surface area (TPSA) is 104 Å². The average molecular weight is 297 g/mol. The Kier molecular flexibility index (Phi) is 6.05. The van der Waals surface area contributed by atoms with Crippen molar-refractivity contribution in [1.82, 2.24) is 5.32 Å². The number of aryl methyl sites for hydroxylation is 1. The summed E-state index contributed by atoms with van der Waals surface area (Å²) in [6.07, 6.45) is -0.643. The highest BCUT2D eigenvalue weighted by Crippen LogP contribution is 2.17. The minimum Gasteiger partial charge on any atom is -0.481 e. The molecule has 1 aromatic carbocycles. The van der Waals surface area contributed by atoms with E-state index < -0.39 is 30.3 Å². The minimum atomic E-state index is -1.40. The third-order valence-corrected chi connectivity index (χ3v) is 3.41. The van der Waals surface area contributed by atoms with E-state index in [1.54, 1.807) is 0 Å². The number of carbonyl (C=O) groups is 3. The van der Waals surface area contributed by atoms with Crippen molar-refractivity contribution >= 4 is 29.6 Å². The molecule has 0 saturated carbocycles. The smallest absolute Gasteiger partial charge is 0.326 e. The van der Waals surface area contributed by atoms with E-state index in [9.17, 15) is 14.4 Å². The Hall–Kier alpha value is -2.02. The molecule has 20 heavy (non-hydrogen) atoms. The number of amides is 1. The molecule has 6 nitrogen and oxygen atoms in total. The lowest BCUT2D eigenvalue weighted by atomic mass is 10.2. The second kappa shape index (κ2) is 7.54. The van der Waals surface area contributed by atoms with Gasteiger partial charge in [-0.1, -0.05) is 17.7 Å². The second-order valence-electron chi connectivity index (χ2n) is 4.16. The minimum absolute atomic E-state index is 0.0342. The first-order chi connectivity index (χ1) is 9.38. The summed E-state index contributed by atoms with van der Waals surface area (Å²) in [7, 11) is 0. The number of rotatable bonds is 7. The molecule has 1 rings (SSSR count). The lowest BCUT2D eigenvalue weighted by Crippen LogP contribution is -2.43. The summed E-state index contributed by atoms with van der Waals surface area (Å²) in [5.41, 5.74) is 1.10. The number of carbonyl (C=O) groups excluding carboxylic acids is 1. The summed E-state index contributed by atoms with van der Waals surface area (Å²) in [4.78, 5) is 33.8.